The number of benzene rings is 1. The lowest BCUT2D eigenvalue weighted by atomic mass is 10.1. The molecule has 0 unspecified atom stereocenters. The zero-order valence-corrected chi connectivity index (χ0v) is 11.1. The van der Waals surface area contributed by atoms with E-state index in [-0.39, 0.29) is 5.91 Å². The Bertz CT molecular complexity index is 351. The highest BCUT2D eigenvalue weighted by molar-refractivity contribution is 6.30. The largest absolute Gasteiger partial charge is 0.354 e. The van der Waals surface area contributed by atoms with Gasteiger partial charge in [0.15, 0.2) is 0 Å². The molecular weight excluding hydrogens is 236 g/mol. The molecule has 1 amide bonds. The van der Waals surface area contributed by atoms with E-state index in [0.29, 0.717) is 24.0 Å². The molecule has 4 heteroatoms. The molecule has 0 saturated heterocycles. The van der Waals surface area contributed by atoms with Gasteiger partial charge in [0, 0.05) is 17.6 Å². The molecule has 0 aliphatic carbocycles. The van der Waals surface area contributed by atoms with Crippen molar-refractivity contribution in [2.45, 2.75) is 26.3 Å². The number of hydrogen-bond donors (Lipinski definition) is 2. The van der Waals surface area contributed by atoms with E-state index in [2.05, 4.69) is 10.6 Å². The van der Waals surface area contributed by atoms with Gasteiger partial charge in [0.1, 0.15) is 0 Å². The molecule has 0 fully saturated rings. The molecule has 0 spiro atoms. The molecule has 1 aromatic carbocycles. The molecule has 0 heterocycles. The predicted octanol–water partition coefficient (Wildman–Crippen LogP) is 2.00. The number of halogens is 1. The van der Waals surface area contributed by atoms with Crippen LogP contribution in [0.3, 0.4) is 0 Å². The molecule has 1 rings (SSSR count). The van der Waals surface area contributed by atoms with Crippen molar-refractivity contribution in [2.24, 2.45) is 0 Å². The smallest absolute Gasteiger partial charge is 0.224 e. The summed E-state index contributed by atoms with van der Waals surface area (Å²) in [5, 5.41) is 6.83. The van der Waals surface area contributed by atoms with Crippen molar-refractivity contribution in [3.05, 3.63) is 34.9 Å². The average molecular weight is 255 g/mol. The molecule has 3 nitrogen and oxygen atoms in total. The molecule has 2 N–H and O–H groups in total. The Morgan fingerprint density at radius 1 is 1.35 bits per heavy atom. The topological polar surface area (TPSA) is 41.1 Å². The van der Waals surface area contributed by atoms with Gasteiger partial charge in [-0.15, -0.1) is 0 Å². The third kappa shape index (κ3) is 5.71. The summed E-state index contributed by atoms with van der Waals surface area (Å²) in [6.45, 7) is 5.66. The summed E-state index contributed by atoms with van der Waals surface area (Å²) in [6.07, 6.45) is 0.399. The third-order valence-corrected chi connectivity index (χ3v) is 2.69. The fraction of sp³-hybridized carbons (Fsp3) is 0.462. The number of amides is 1. The maximum atomic E-state index is 11.6. The first kappa shape index (κ1) is 14.0. The molecule has 1 aromatic rings. The fourth-order valence-electron chi connectivity index (χ4n) is 1.54. The van der Waals surface area contributed by atoms with Crippen LogP contribution in [0.1, 0.15) is 19.4 Å². The van der Waals surface area contributed by atoms with Gasteiger partial charge in [-0.3, -0.25) is 4.79 Å². The number of carbonyl (C=O) groups excluding carboxylic acids is 1. The minimum absolute atomic E-state index is 0.0390. The molecular formula is C13H19ClN2O. The quantitative estimate of drug-likeness (QED) is 0.815. The van der Waals surface area contributed by atoms with Gasteiger partial charge in [-0.1, -0.05) is 30.7 Å². The first-order chi connectivity index (χ1) is 8.11. The van der Waals surface area contributed by atoms with Crippen LogP contribution in [-0.4, -0.2) is 25.0 Å². The summed E-state index contributed by atoms with van der Waals surface area (Å²) in [4.78, 5) is 11.6. The summed E-state index contributed by atoms with van der Waals surface area (Å²) in [6, 6.07) is 7.64. The van der Waals surface area contributed by atoms with E-state index >= 15 is 0 Å². The van der Waals surface area contributed by atoms with Gasteiger partial charge >= 0.3 is 0 Å². The first-order valence-electron chi connectivity index (χ1n) is 5.86. The van der Waals surface area contributed by atoms with E-state index in [1.807, 2.05) is 26.0 Å². The standard InChI is InChI=1S/C13H19ClN2O/c1-3-15-10(2)9-16-13(17)8-11-4-6-12(14)7-5-11/h4-7,10,15H,3,8-9H2,1-2H3,(H,16,17)/t10-/m1/s1. The highest BCUT2D eigenvalue weighted by atomic mass is 35.5. The van der Waals surface area contributed by atoms with Crippen molar-refractivity contribution in [3.8, 4) is 0 Å². The maximum Gasteiger partial charge on any atom is 0.224 e. The highest BCUT2D eigenvalue weighted by Gasteiger charge is 2.05. The predicted molar refractivity (Wildman–Crippen MR) is 71.3 cm³/mol. The van der Waals surface area contributed by atoms with E-state index < -0.39 is 0 Å². The van der Waals surface area contributed by atoms with Crippen molar-refractivity contribution in [2.75, 3.05) is 13.1 Å². The van der Waals surface area contributed by atoms with Gasteiger partial charge in [0.25, 0.3) is 0 Å². The number of rotatable bonds is 6. The Hall–Kier alpha value is -1.06. The van der Waals surface area contributed by atoms with Crippen LogP contribution in [-0.2, 0) is 11.2 Å². The lowest BCUT2D eigenvalue weighted by Crippen LogP contribution is -2.39. The monoisotopic (exact) mass is 254 g/mol. The Morgan fingerprint density at radius 2 is 2.00 bits per heavy atom. The van der Waals surface area contributed by atoms with Crippen molar-refractivity contribution in [1.29, 1.82) is 0 Å². The highest BCUT2D eigenvalue weighted by Crippen LogP contribution is 2.09. The molecule has 0 aliphatic rings. The summed E-state index contributed by atoms with van der Waals surface area (Å²) < 4.78 is 0. The SMILES string of the molecule is CCN[C@H](C)CNC(=O)Cc1ccc(Cl)cc1. The van der Waals surface area contributed by atoms with Gasteiger partial charge in [0.05, 0.1) is 6.42 Å². The molecule has 0 bridgehead atoms. The number of hydrogen-bond acceptors (Lipinski definition) is 2. The Balaban J connectivity index is 2.32. The second-order valence-electron chi connectivity index (χ2n) is 4.07. The molecule has 0 aliphatic heterocycles. The van der Waals surface area contributed by atoms with E-state index in [1.54, 1.807) is 12.1 Å². The van der Waals surface area contributed by atoms with Crippen LogP contribution < -0.4 is 10.6 Å². The Morgan fingerprint density at radius 3 is 2.59 bits per heavy atom. The number of carbonyl (C=O) groups is 1. The second-order valence-corrected chi connectivity index (χ2v) is 4.50. The van der Waals surface area contributed by atoms with Crippen LogP contribution in [0.25, 0.3) is 0 Å². The van der Waals surface area contributed by atoms with Gasteiger partial charge in [0.2, 0.25) is 5.91 Å². The number of nitrogens with one attached hydrogen (secondary N) is 2. The first-order valence-corrected chi connectivity index (χ1v) is 6.24. The summed E-state index contributed by atoms with van der Waals surface area (Å²) in [5.74, 6) is 0.0390. The second kappa shape index (κ2) is 7.30. The van der Waals surface area contributed by atoms with Crippen LogP contribution in [0, 0.1) is 0 Å². The van der Waals surface area contributed by atoms with Crippen molar-refractivity contribution in [3.63, 3.8) is 0 Å². The minimum Gasteiger partial charge on any atom is -0.354 e. The van der Waals surface area contributed by atoms with E-state index in [4.69, 9.17) is 11.6 Å². The number of likely N-dealkylation sites (N-methyl/N-ethyl adjacent to an activating group) is 1. The molecule has 0 saturated carbocycles. The molecule has 0 aromatic heterocycles. The Labute approximate surface area is 108 Å². The van der Waals surface area contributed by atoms with E-state index in [9.17, 15) is 4.79 Å². The van der Waals surface area contributed by atoms with Gasteiger partial charge in [-0.25, -0.2) is 0 Å². The molecule has 1 atom stereocenters. The van der Waals surface area contributed by atoms with Crippen LogP contribution in [0.5, 0.6) is 0 Å². The molecule has 17 heavy (non-hydrogen) atoms. The summed E-state index contributed by atoms with van der Waals surface area (Å²) in [7, 11) is 0. The molecule has 94 valence electrons. The van der Waals surface area contributed by atoms with E-state index in [0.717, 1.165) is 12.1 Å². The fourth-order valence-corrected chi connectivity index (χ4v) is 1.66. The zero-order chi connectivity index (χ0) is 12.7. The van der Waals surface area contributed by atoms with Crippen LogP contribution in [0.4, 0.5) is 0 Å². The van der Waals surface area contributed by atoms with Gasteiger partial charge in [-0.05, 0) is 31.2 Å². The zero-order valence-electron chi connectivity index (χ0n) is 10.3. The molecule has 0 radical (unpaired) electrons. The van der Waals surface area contributed by atoms with Crippen molar-refractivity contribution < 1.29 is 4.79 Å². The van der Waals surface area contributed by atoms with Gasteiger partial charge in [-0.2, -0.15) is 0 Å². The van der Waals surface area contributed by atoms with Crippen LogP contribution in [0.2, 0.25) is 5.02 Å². The van der Waals surface area contributed by atoms with Crippen molar-refractivity contribution in [1.82, 2.24) is 10.6 Å². The maximum absolute atomic E-state index is 11.6. The van der Waals surface area contributed by atoms with Crippen LogP contribution in [0.15, 0.2) is 24.3 Å². The third-order valence-electron chi connectivity index (χ3n) is 2.44. The van der Waals surface area contributed by atoms with E-state index in [1.165, 1.54) is 0 Å². The normalized spacial score (nSPS) is 12.2. The lowest BCUT2D eigenvalue weighted by Gasteiger charge is -2.13. The Kier molecular flexibility index (Phi) is 6.01. The summed E-state index contributed by atoms with van der Waals surface area (Å²) >= 11 is 5.78. The average Bonchev–Trinajstić information content (AvgIpc) is 2.30. The van der Waals surface area contributed by atoms with Crippen LogP contribution >= 0.6 is 11.6 Å². The lowest BCUT2D eigenvalue weighted by molar-refractivity contribution is -0.120. The van der Waals surface area contributed by atoms with Crippen molar-refractivity contribution >= 4 is 17.5 Å². The minimum atomic E-state index is 0.0390. The van der Waals surface area contributed by atoms with Gasteiger partial charge < -0.3 is 10.6 Å². The summed E-state index contributed by atoms with van der Waals surface area (Å²) in [5.41, 5.74) is 0.975.